The Morgan fingerprint density at radius 3 is 2.64 bits per heavy atom. The van der Waals surface area contributed by atoms with E-state index < -0.39 is 11.9 Å². The molecule has 6 heteroatoms. The molecule has 0 fully saturated rings. The van der Waals surface area contributed by atoms with Crippen molar-refractivity contribution >= 4 is 29.2 Å². The minimum atomic E-state index is -1.10. The second-order valence-electron chi connectivity index (χ2n) is 4.60. The number of benzene rings is 2. The number of anilines is 1. The molecule has 2 rings (SSSR count). The molecule has 2 N–H and O–H groups in total. The van der Waals surface area contributed by atoms with Crippen molar-refractivity contribution in [1.29, 1.82) is 0 Å². The number of aryl methyl sites for hydroxylation is 1. The number of carboxylic acid groups (broad SMARTS) is 1. The van der Waals surface area contributed by atoms with E-state index in [-0.39, 0.29) is 17.9 Å². The molecule has 22 heavy (non-hydrogen) atoms. The van der Waals surface area contributed by atoms with Crippen LogP contribution in [0.5, 0.6) is 5.75 Å². The Morgan fingerprint density at radius 2 is 1.95 bits per heavy atom. The fourth-order valence-corrected chi connectivity index (χ4v) is 2.10. The minimum absolute atomic E-state index is 0.0237. The molecule has 0 aliphatic heterocycles. The molecule has 0 spiro atoms. The molecule has 114 valence electrons. The van der Waals surface area contributed by atoms with Crippen molar-refractivity contribution in [3.8, 4) is 5.75 Å². The Kier molecular flexibility index (Phi) is 5.01. The average Bonchev–Trinajstić information content (AvgIpc) is 2.45. The van der Waals surface area contributed by atoms with Crippen LogP contribution in [0, 0.1) is 6.92 Å². The molecular formula is C16H14ClNO4. The van der Waals surface area contributed by atoms with E-state index in [0.717, 1.165) is 0 Å². The van der Waals surface area contributed by atoms with Gasteiger partial charge in [0, 0.05) is 10.7 Å². The van der Waals surface area contributed by atoms with Crippen molar-refractivity contribution in [3.63, 3.8) is 0 Å². The van der Waals surface area contributed by atoms with E-state index in [1.807, 2.05) is 0 Å². The summed E-state index contributed by atoms with van der Waals surface area (Å²) >= 11 is 5.83. The van der Waals surface area contributed by atoms with Gasteiger partial charge in [-0.3, -0.25) is 4.79 Å². The van der Waals surface area contributed by atoms with Gasteiger partial charge in [-0.05, 0) is 36.8 Å². The molecule has 0 heterocycles. The quantitative estimate of drug-likeness (QED) is 0.886. The lowest BCUT2D eigenvalue weighted by Crippen LogP contribution is -2.21. The summed E-state index contributed by atoms with van der Waals surface area (Å²) in [4.78, 5) is 23.0. The highest BCUT2D eigenvalue weighted by Crippen LogP contribution is 2.23. The highest BCUT2D eigenvalue weighted by atomic mass is 35.5. The smallest absolute Gasteiger partial charge is 0.339 e. The van der Waals surface area contributed by atoms with Crippen LogP contribution in [-0.2, 0) is 4.79 Å². The van der Waals surface area contributed by atoms with E-state index in [9.17, 15) is 9.59 Å². The first-order valence-electron chi connectivity index (χ1n) is 6.48. The van der Waals surface area contributed by atoms with E-state index in [0.29, 0.717) is 16.3 Å². The van der Waals surface area contributed by atoms with Gasteiger partial charge in [-0.25, -0.2) is 4.79 Å². The van der Waals surface area contributed by atoms with Gasteiger partial charge in [0.25, 0.3) is 5.91 Å². The Labute approximate surface area is 132 Å². The molecule has 0 bridgehead atoms. The molecule has 2 aromatic carbocycles. The number of carboxylic acids is 1. The van der Waals surface area contributed by atoms with Crippen LogP contribution in [0.4, 0.5) is 5.69 Å². The standard InChI is InChI=1S/C16H14ClNO4/c1-10-4-2-7-13(16(20)21)15(10)22-9-14(19)18-12-6-3-5-11(17)8-12/h2-8H,9H2,1H3,(H,18,19)(H,20,21). The van der Waals surface area contributed by atoms with Crippen LogP contribution in [0.3, 0.4) is 0 Å². The van der Waals surface area contributed by atoms with Gasteiger partial charge in [-0.2, -0.15) is 0 Å². The predicted molar refractivity (Wildman–Crippen MR) is 83.7 cm³/mol. The van der Waals surface area contributed by atoms with Crippen LogP contribution in [0.15, 0.2) is 42.5 Å². The monoisotopic (exact) mass is 319 g/mol. The lowest BCUT2D eigenvalue weighted by atomic mass is 10.1. The molecule has 1 amide bonds. The number of hydrogen-bond donors (Lipinski definition) is 2. The van der Waals surface area contributed by atoms with Crippen molar-refractivity contribution < 1.29 is 19.4 Å². The number of rotatable bonds is 5. The van der Waals surface area contributed by atoms with Gasteiger partial charge in [0.2, 0.25) is 0 Å². The maximum absolute atomic E-state index is 11.9. The lowest BCUT2D eigenvalue weighted by molar-refractivity contribution is -0.118. The SMILES string of the molecule is Cc1cccc(C(=O)O)c1OCC(=O)Nc1cccc(Cl)c1. The maximum Gasteiger partial charge on any atom is 0.339 e. The number of ether oxygens (including phenoxy) is 1. The molecule has 0 aliphatic rings. The number of carbonyl (C=O) groups excluding carboxylic acids is 1. The second kappa shape index (κ2) is 6.95. The van der Waals surface area contributed by atoms with E-state index in [4.69, 9.17) is 21.4 Å². The van der Waals surface area contributed by atoms with Crippen LogP contribution >= 0.6 is 11.6 Å². The molecule has 0 atom stereocenters. The van der Waals surface area contributed by atoms with Gasteiger partial charge in [-0.1, -0.05) is 29.8 Å². The number of aromatic carboxylic acids is 1. The summed E-state index contributed by atoms with van der Waals surface area (Å²) in [7, 11) is 0. The number of para-hydroxylation sites is 1. The number of hydrogen-bond acceptors (Lipinski definition) is 3. The number of nitrogens with one attached hydrogen (secondary N) is 1. The topological polar surface area (TPSA) is 75.6 Å². The molecule has 0 saturated carbocycles. The van der Waals surface area contributed by atoms with E-state index in [1.54, 1.807) is 43.3 Å². The number of amides is 1. The van der Waals surface area contributed by atoms with Crippen LogP contribution in [0.25, 0.3) is 0 Å². The Morgan fingerprint density at radius 1 is 1.23 bits per heavy atom. The summed E-state index contributed by atoms with van der Waals surface area (Å²) in [6, 6.07) is 11.5. The summed E-state index contributed by atoms with van der Waals surface area (Å²) < 4.78 is 5.37. The van der Waals surface area contributed by atoms with Crippen LogP contribution in [-0.4, -0.2) is 23.6 Å². The average molecular weight is 320 g/mol. The van der Waals surface area contributed by atoms with Gasteiger partial charge in [0.05, 0.1) is 0 Å². The third-order valence-corrected chi connectivity index (χ3v) is 3.13. The molecule has 5 nitrogen and oxygen atoms in total. The van der Waals surface area contributed by atoms with Gasteiger partial charge in [-0.15, -0.1) is 0 Å². The summed E-state index contributed by atoms with van der Waals surface area (Å²) in [5, 5.41) is 12.3. The third kappa shape index (κ3) is 3.99. The van der Waals surface area contributed by atoms with Crippen molar-refractivity contribution in [2.45, 2.75) is 6.92 Å². The van der Waals surface area contributed by atoms with Crippen LogP contribution < -0.4 is 10.1 Å². The first-order valence-corrected chi connectivity index (χ1v) is 6.86. The zero-order valence-corrected chi connectivity index (χ0v) is 12.6. The van der Waals surface area contributed by atoms with E-state index in [2.05, 4.69) is 5.32 Å². The first-order chi connectivity index (χ1) is 10.5. The fourth-order valence-electron chi connectivity index (χ4n) is 1.91. The van der Waals surface area contributed by atoms with Crippen molar-refractivity contribution in [3.05, 3.63) is 58.6 Å². The van der Waals surface area contributed by atoms with Crippen molar-refractivity contribution in [2.75, 3.05) is 11.9 Å². The Balaban J connectivity index is 2.04. The number of carbonyl (C=O) groups is 2. The zero-order valence-electron chi connectivity index (χ0n) is 11.8. The molecule has 0 aliphatic carbocycles. The van der Waals surface area contributed by atoms with Gasteiger partial charge in [0.15, 0.2) is 6.61 Å². The molecule has 0 saturated heterocycles. The highest BCUT2D eigenvalue weighted by molar-refractivity contribution is 6.30. The van der Waals surface area contributed by atoms with Crippen LogP contribution in [0.2, 0.25) is 5.02 Å². The normalized spacial score (nSPS) is 10.1. The summed E-state index contributed by atoms with van der Waals surface area (Å²) in [6.45, 7) is 1.42. The highest BCUT2D eigenvalue weighted by Gasteiger charge is 2.14. The Bertz CT molecular complexity index is 715. The summed E-state index contributed by atoms with van der Waals surface area (Å²) in [6.07, 6.45) is 0. The van der Waals surface area contributed by atoms with Gasteiger partial charge in [0.1, 0.15) is 11.3 Å². The summed E-state index contributed by atoms with van der Waals surface area (Å²) in [5.74, 6) is -1.31. The Hall–Kier alpha value is -2.53. The molecule has 2 aromatic rings. The first kappa shape index (κ1) is 15.9. The second-order valence-corrected chi connectivity index (χ2v) is 5.04. The molecular weight excluding hydrogens is 306 g/mol. The molecule has 0 aromatic heterocycles. The predicted octanol–water partition coefficient (Wildman–Crippen LogP) is 3.36. The molecule has 0 radical (unpaired) electrons. The largest absolute Gasteiger partial charge is 0.483 e. The molecule has 0 unspecified atom stereocenters. The zero-order chi connectivity index (χ0) is 16.1. The maximum atomic E-state index is 11.9. The van der Waals surface area contributed by atoms with Crippen molar-refractivity contribution in [2.24, 2.45) is 0 Å². The van der Waals surface area contributed by atoms with Gasteiger partial charge >= 0.3 is 5.97 Å². The lowest BCUT2D eigenvalue weighted by Gasteiger charge is -2.12. The van der Waals surface area contributed by atoms with Crippen LogP contribution in [0.1, 0.15) is 15.9 Å². The fraction of sp³-hybridized carbons (Fsp3) is 0.125. The van der Waals surface area contributed by atoms with Gasteiger partial charge < -0.3 is 15.2 Å². The minimum Gasteiger partial charge on any atom is -0.483 e. The van der Waals surface area contributed by atoms with E-state index >= 15 is 0 Å². The third-order valence-electron chi connectivity index (χ3n) is 2.90. The van der Waals surface area contributed by atoms with Crippen molar-refractivity contribution in [1.82, 2.24) is 0 Å². The summed E-state index contributed by atoms with van der Waals surface area (Å²) in [5.41, 5.74) is 1.22. The van der Waals surface area contributed by atoms with E-state index in [1.165, 1.54) is 6.07 Å². The number of halogens is 1.